The smallest absolute Gasteiger partial charge is 0.251 e. The molecule has 2 aromatic rings. The lowest BCUT2D eigenvalue weighted by Gasteiger charge is -2.36. The standard InChI is InChI=1S/C23H31N3O2/c1-16-14-26(15-17(2)28-16)21-11-6-18(12-24-21)13-25-22(27)19-7-9-20(10-8-19)23(3,4)5/h6-12,16-17H,13-15H2,1-5H3,(H,25,27). The van der Waals surface area contributed by atoms with E-state index in [-0.39, 0.29) is 23.5 Å². The summed E-state index contributed by atoms with van der Waals surface area (Å²) in [4.78, 5) is 19.2. The van der Waals surface area contributed by atoms with Gasteiger partial charge in [-0.25, -0.2) is 4.98 Å². The molecule has 28 heavy (non-hydrogen) atoms. The molecule has 1 N–H and O–H groups in total. The number of benzene rings is 1. The molecule has 2 atom stereocenters. The van der Waals surface area contributed by atoms with Gasteiger partial charge >= 0.3 is 0 Å². The number of nitrogens with zero attached hydrogens (tertiary/aromatic N) is 2. The minimum absolute atomic E-state index is 0.0691. The molecule has 1 aromatic heterocycles. The van der Waals surface area contributed by atoms with Crippen molar-refractivity contribution in [3.63, 3.8) is 0 Å². The Kier molecular flexibility index (Phi) is 6.04. The Morgan fingerprint density at radius 2 is 1.75 bits per heavy atom. The first-order chi connectivity index (χ1) is 13.2. The van der Waals surface area contributed by atoms with Crippen LogP contribution in [-0.2, 0) is 16.7 Å². The van der Waals surface area contributed by atoms with Crippen molar-refractivity contribution in [3.8, 4) is 0 Å². The van der Waals surface area contributed by atoms with Gasteiger partial charge in [-0.2, -0.15) is 0 Å². The van der Waals surface area contributed by atoms with Crippen molar-refractivity contribution in [1.82, 2.24) is 10.3 Å². The normalized spacial score (nSPS) is 20.1. The van der Waals surface area contributed by atoms with Crippen molar-refractivity contribution in [1.29, 1.82) is 0 Å². The molecule has 2 heterocycles. The molecule has 0 saturated carbocycles. The molecule has 150 valence electrons. The van der Waals surface area contributed by atoms with E-state index in [1.165, 1.54) is 5.56 Å². The quantitative estimate of drug-likeness (QED) is 0.872. The number of carbonyl (C=O) groups excluding carboxylic acids is 1. The van der Waals surface area contributed by atoms with Crippen LogP contribution >= 0.6 is 0 Å². The van der Waals surface area contributed by atoms with Crippen molar-refractivity contribution >= 4 is 11.7 Å². The highest BCUT2D eigenvalue weighted by Gasteiger charge is 2.23. The highest BCUT2D eigenvalue weighted by atomic mass is 16.5. The lowest BCUT2D eigenvalue weighted by Crippen LogP contribution is -2.45. The molecule has 2 unspecified atom stereocenters. The number of amides is 1. The highest BCUT2D eigenvalue weighted by molar-refractivity contribution is 5.94. The average molecular weight is 382 g/mol. The van der Waals surface area contributed by atoms with Gasteiger partial charge in [-0.1, -0.05) is 39.0 Å². The van der Waals surface area contributed by atoms with Crippen LogP contribution < -0.4 is 10.2 Å². The van der Waals surface area contributed by atoms with Gasteiger partial charge in [-0.05, 0) is 48.6 Å². The molecule has 1 aliphatic heterocycles. The number of hydrogen-bond acceptors (Lipinski definition) is 4. The van der Waals surface area contributed by atoms with E-state index in [0.717, 1.165) is 24.5 Å². The fourth-order valence-electron chi connectivity index (χ4n) is 3.48. The summed E-state index contributed by atoms with van der Waals surface area (Å²) in [6.45, 7) is 12.8. The largest absolute Gasteiger partial charge is 0.372 e. The molecular weight excluding hydrogens is 350 g/mol. The van der Waals surface area contributed by atoms with Gasteiger partial charge in [-0.15, -0.1) is 0 Å². The van der Waals surface area contributed by atoms with Crippen molar-refractivity contribution in [2.24, 2.45) is 0 Å². The zero-order valence-corrected chi connectivity index (χ0v) is 17.5. The summed E-state index contributed by atoms with van der Waals surface area (Å²) in [5.41, 5.74) is 2.96. The Morgan fingerprint density at radius 1 is 1.11 bits per heavy atom. The summed E-state index contributed by atoms with van der Waals surface area (Å²) in [6, 6.07) is 11.9. The van der Waals surface area contributed by atoms with Gasteiger partial charge in [0.15, 0.2) is 0 Å². The maximum Gasteiger partial charge on any atom is 0.251 e. The summed E-state index contributed by atoms with van der Waals surface area (Å²) in [5.74, 6) is 0.884. The first kappa shape index (κ1) is 20.3. The summed E-state index contributed by atoms with van der Waals surface area (Å²) >= 11 is 0. The molecule has 1 saturated heterocycles. The minimum Gasteiger partial charge on any atom is -0.372 e. The van der Waals surface area contributed by atoms with Crippen molar-refractivity contribution in [3.05, 3.63) is 59.3 Å². The minimum atomic E-state index is -0.0691. The van der Waals surface area contributed by atoms with E-state index < -0.39 is 0 Å². The van der Waals surface area contributed by atoms with Gasteiger partial charge in [0.1, 0.15) is 5.82 Å². The zero-order valence-electron chi connectivity index (χ0n) is 17.5. The third-order valence-electron chi connectivity index (χ3n) is 5.02. The van der Waals surface area contributed by atoms with Crippen LogP contribution in [0, 0.1) is 0 Å². The molecule has 0 aliphatic carbocycles. The van der Waals surface area contributed by atoms with Gasteiger partial charge < -0.3 is 15.0 Å². The van der Waals surface area contributed by atoms with Gasteiger partial charge in [0.2, 0.25) is 0 Å². The van der Waals surface area contributed by atoms with Crippen LogP contribution in [0.1, 0.15) is 56.1 Å². The van der Waals surface area contributed by atoms with Crippen LogP contribution in [0.4, 0.5) is 5.82 Å². The second kappa shape index (κ2) is 8.31. The summed E-state index contributed by atoms with van der Waals surface area (Å²) < 4.78 is 5.78. The molecule has 3 rings (SSSR count). The third kappa shape index (κ3) is 5.10. The molecular formula is C23H31N3O2. The Labute approximate surface area is 168 Å². The maximum absolute atomic E-state index is 12.4. The fourth-order valence-corrected chi connectivity index (χ4v) is 3.48. The first-order valence-electron chi connectivity index (χ1n) is 9.96. The van der Waals surface area contributed by atoms with Crippen LogP contribution in [0.2, 0.25) is 0 Å². The second-order valence-electron chi connectivity index (χ2n) is 8.70. The lowest BCUT2D eigenvalue weighted by molar-refractivity contribution is -0.00546. The number of morpholine rings is 1. The Balaban J connectivity index is 1.56. The third-order valence-corrected chi connectivity index (χ3v) is 5.02. The van der Waals surface area contributed by atoms with Crippen LogP contribution in [0.15, 0.2) is 42.6 Å². The molecule has 0 radical (unpaired) electrons. The van der Waals surface area contributed by atoms with Crippen LogP contribution in [0.3, 0.4) is 0 Å². The summed E-state index contributed by atoms with van der Waals surface area (Å²) in [6.07, 6.45) is 2.24. The van der Waals surface area contributed by atoms with Gasteiger partial charge in [0.05, 0.1) is 12.2 Å². The lowest BCUT2D eigenvalue weighted by atomic mass is 9.87. The van der Waals surface area contributed by atoms with E-state index in [4.69, 9.17) is 4.74 Å². The number of carbonyl (C=O) groups is 1. The molecule has 1 aliphatic rings. The average Bonchev–Trinajstić information content (AvgIpc) is 2.65. The molecule has 1 fully saturated rings. The molecule has 0 bridgehead atoms. The van der Waals surface area contributed by atoms with Crippen LogP contribution in [0.25, 0.3) is 0 Å². The van der Waals surface area contributed by atoms with Crippen molar-refractivity contribution < 1.29 is 9.53 Å². The summed E-state index contributed by atoms with van der Waals surface area (Å²) in [5, 5.41) is 2.97. The first-order valence-corrected chi connectivity index (χ1v) is 9.96. The Bertz CT molecular complexity index is 784. The SMILES string of the molecule is CC1CN(c2ccc(CNC(=O)c3ccc(C(C)(C)C)cc3)cn2)CC(C)O1. The van der Waals surface area contributed by atoms with E-state index in [1.54, 1.807) is 0 Å². The van der Waals surface area contributed by atoms with E-state index in [0.29, 0.717) is 12.1 Å². The predicted molar refractivity (Wildman–Crippen MR) is 113 cm³/mol. The fraction of sp³-hybridized carbons (Fsp3) is 0.478. The monoisotopic (exact) mass is 381 g/mol. The van der Waals surface area contributed by atoms with Gasteiger partial charge in [0.25, 0.3) is 5.91 Å². The zero-order chi connectivity index (χ0) is 20.3. The van der Waals surface area contributed by atoms with Gasteiger partial charge in [0, 0.05) is 31.4 Å². The second-order valence-corrected chi connectivity index (χ2v) is 8.70. The molecule has 0 spiro atoms. The van der Waals surface area contributed by atoms with E-state index in [1.807, 2.05) is 42.6 Å². The predicted octanol–water partition coefficient (Wildman–Crippen LogP) is 3.92. The van der Waals surface area contributed by atoms with Crippen molar-refractivity contribution in [2.45, 2.75) is 58.8 Å². The number of pyridine rings is 1. The number of hydrogen-bond donors (Lipinski definition) is 1. The topological polar surface area (TPSA) is 54.5 Å². The van der Waals surface area contributed by atoms with E-state index >= 15 is 0 Å². The maximum atomic E-state index is 12.4. The highest BCUT2D eigenvalue weighted by Crippen LogP contribution is 2.22. The van der Waals surface area contributed by atoms with Crippen LogP contribution in [0.5, 0.6) is 0 Å². The molecule has 1 amide bonds. The number of aromatic nitrogens is 1. The number of anilines is 1. The number of nitrogens with one attached hydrogen (secondary N) is 1. The molecule has 5 heteroatoms. The van der Waals surface area contributed by atoms with Crippen LogP contribution in [-0.4, -0.2) is 36.2 Å². The Morgan fingerprint density at radius 3 is 2.29 bits per heavy atom. The Hall–Kier alpha value is -2.40. The van der Waals surface area contributed by atoms with Gasteiger partial charge in [-0.3, -0.25) is 4.79 Å². The van der Waals surface area contributed by atoms with E-state index in [2.05, 4.69) is 49.8 Å². The van der Waals surface area contributed by atoms with Crippen molar-refractivity contribution in [2.75, 3.05) is 18.0 Å². The summed E-state index contributed by atoms with van der Waals surface area (Å²) in [7, 11) is 0. The number of rotatable bonds is 4. The molecule has 5 nitrogen and oxygen atoms in total. The number of ether oxygens (including phenoxy) is 1. The van der Waals surface area contributed by atoms with E-state index in [9.17, 15) is 4.79 Å². The molecule has 1 aromatic carbocycles.